The number of carbonyl (C=O) groups excluding carboxylic acids is 1. The van der Waals surface area contributed by atoms with E-state index in [9.17, 15) is 13.6 Å². The lowest BCUT2D eigenvalue weighted by Gasteiger charge is -2.34. The summed E-state index contributed by atoms with van der Waals surface area (Å²) in [6.07, 6.45) is 0.752. The molecule has 3 aromatic carbocycles. The zero-order chi connectivity index (χ0) is 25.5. The highest BCUT2D eigenvalue weighted by molar-refractivity contribution is 7.22. The highest BCUT2D eigenvalue weighted by Crippen LogP contribution is 2.43. The van der Waals surface area contributed by atoms with Crippen LogP contribution < -0.4 is 15.4 Å². The van der Waals surface area contributed by atoms with Crippen LogP contribution in [0, 0.1) is 11.6 Å². The van der Waals surface area contributed by atoms with Crippen LogP contribution in [0.2, 0.25) is 0 Å². The summed E-state index contributed by atoms with van der Waals surface area (Å²) in [7, 11) is 1.61. The van der Waals surface area contributed by atoms with Gasteiger partial charge in [-0.05, 0) is 47.9 Å². The number of Topliss-reactive ketones (excluding diaryl/α,β-unsaturated/α-hetero) is 1. The quantitative estimate of drug-likeness (QED) is 0.343. The number of fused-ring (bicyclic) bond motifs is 1. The minimum atomic E-state index is -0.857. The molecule has 0 saturated carbocycles. The molecule has 2 aliphatic rings. The summed E-state index contributed by atoms with van der Waals surface area (Å²) in [5.41, 5.74) is 3.15. The van der Waals surface area contributed by atoms with Crippen LogP contribution in [-0.2, 0) is 4.79 Å². The fraction of sp³-hybridized carbons (Fsp3) is 0.179. The molecule has 0 amide bonds. The van der Waals surface area contributed by atoms with Gasteiger partial charge in [-0.3, -0.25) is 4.79 Å². The number of nitrogens with one attached hydrogen (secondary N) is 2. The summed E-state index contributed by atoms with van der Waals surface area (Å²) in [6, 6.07) is 17.8. The van der Waals surface area contributed by atoms with Crippen molar-refractivity contribution in [3.05, 3.63) is 101 Å². The zero-order valence-electron chi connectivity index (χ0n) is 19.8. The smallest absolute Gasteiger partial charge is 0.202 e. The molecule has 1 aliphatic carbocycles. The number of nitrogens with zero attached hydrogens (tertiary/aromatic N) is 2. The van der Waals surface area contributed by atoms with Gasteiger partial charge in [0.15, 0.2) is 10.9 Å². The molecule has 0 spiro atoms. The van der Waals surface area contributed by atoms with Crippen molar-refractivity contribution in [3.8, 4) is 5.75 Å². The highest BCUT2D eigenvalue weighted by atomic mass is 32.1. The van der Waals surface area contributed by atoms with E-state index < -0.39 is 17.7 Å². The van der Waals surface area contributed by atoms with Crippen LogP contribution in [0.3, 0.4) is 0 Å². The number of hydrogen-bond acceptors (Lipinski definition) is 7. The number of hydrogen-bond donors (Lipinski definition) is 2. The molecule has 186 valence electrons. The van der Waals surface area contributed by atoms with Crippen LogP contribution in [0.1, 0.15) is 35.9 Å². The van der Waals surface area contributed by atoms with Gasteiger partial charge in [0.2, 0.25) is 5.96 Å². The first-order chi connectivity index (χ1) is 18.0. The summed E-state index contributed by atoms with van der Waals surface area (Å²) in [4.78, 5) is 22.8. The van der Waals surface area contributed by atoms with Crippen LogP contribution in [0.15, 0.2) is 83.0 Å². The predicted octanol–water partition coefficient (Wildman–Crippen LogP) is 6.10. The minimum Gasteiger partial charge on any atom is -0.496 e. The first-order valence-corrected chi connectivity index (χ1v) is 12.6. The number of carbonyl (C=O) groups is 1. The largest absolute Gasteiger partial charge is 0.496 e. The molecule has 0 radical (unpaired) electrons. The summed E-state index contributed by atoms with van der Waals surface area (Å²) in [6.45, 7) is 0. The summed E-state index contributed by atoms with van der Waals surface area (Å²) in [5, 5.41) is 7.11. The second-order valence-electron chi connectivity index (χ2n) is 8.98. The van der Waals surface area contributed by atoms with Crippen LogP contribution >= 0.6 is 11.3 Å². The third-order valence-electron chi connectivity index (χ3n) is 6.61. The number of allylic oxidation sites excluding steroid dienone is 1. The molecule has 0 fully saturated rings. The molecule has 6 nitrogen and oxygen atoms in total. The van der Waals surface area contributed by atoms with Crippen molar-refractivity contribution >= 4 is 38.4 Å². The molecule has 6 rings (SSSR count). The van der Waals surface area contributed by atoms with E-state index in [4.69, 9.17) is 9.73 Å². The Hall–Kier alpha value is -4.11. The number of rotatable bonds is 4. The first kappa shape index (κ1) is 23.3. The Bertz CT molecular complexity index is 1540. The highest BCUT2D eigenvalue weighted by Gasteiger charge is 2.38. The van der Waals surface area contributed by atoms with E-state index in [1.54, 1.807) is 7.11 Å². The Morgan fingerprint density at radius 1 is 1.03 bits per heavy atom. The lowest BCUT2D eigenvalue weighted by atomic mass is 9.78. The Morgan fingerprint density at radius 3 is 2.57 bits per heavy atom. The van der Waals surface area contributed by atoms with Gasteiger partial charge in [0.1, 0.15) is 23.4 Å². The number of anilines is 1. The van der Waals surface area contributed by atoms with Gasteiger partial charge in [0.05, 0.1) is 17.3 Å². The number of ketones is 1. The number of para-hydroxylation sites is 2. The Balaban J connectivity index is 1.40. The molecule has 2 heterocycles. The Labute approximate surface area is 215 Å². The molecular formula is C28H22F2N4O2S. The van der Waals surface area contributed by atoms with Crippen molar-refractivity contribution in [2.24, 2.45) is 4.99 Å². The van der Waals surface area contributed by atoms with Gasteiger partial charge in [-0.15, -0.1) is 0 Å². The molecule has 1 aromatic heterocycles. The van der Waals surface area contributed by atoms with Crippen LogP contribution in [0.25, 0.3) is 10.2 Å². The second-order valence-corrected chi connectivity index (χ2v) is 10.0. The maximum Gasteiger partial charge on any atom is 0.202 e. The van der Waals surface area contributed by atoms with Crippen LogP contribution in [-0.4, -0.2) is 23.8 Å². The summed E-state index contributed by atoms with van der Waals surface area (Å²) in [5.74, 6) is -0.612. The van der Waals surface area contributed by atoms with E-state index in [2.05, 4.69) is 15.6 Å². The lowest BCUT2D eigenvalue weighted by Crippen LogP contribution is -2.39. The number of ether oxygens (including phenoxy) is 1. The van der Waals surface area contributed by atoms with Gasteiger partial charge in [0, 0.05) is 29.7 Å². The Kier molecular flexibility index (Phi) is 5.92. The number of guanidine groups is 1. The van der Waals surface area contributed by atoms with E-state index in [0.29, 0.717) is 34.5 Å². The first-order valence-electron chi connectivity index (χ1n) is 11.8. The van der Waals surface area contributed by atoms with E-state index in [1.807, 2.05) is 48.5 Å². The third kappa shape index (κ3) is 4.46. The fourth-order valence-corrected chi connectivity index (χ4v) is 5.89. The van der Waals surface area contributed by atoms with Crippen molar-refractivity contribution in [3.63, 3.8) is 0 Å². The third-order valence-corrected chi connectivity index (χ3v) is 7.56. The predicted molar refractivity (Wildman–Crippen MR) is 140 cm³/mol. The van der Waals surface area contributed by atoms with Crippen molar-refractivity contribution in [2.75, 3.05) is 12.4 Å². The van der Waals surface area contributed by atoms with E-state index in [-0.39, 0.29) is 23.7 Å². The van der Waals surface area contributed by atoms with Gasteiger partial charge < -0.3 is 15.4 Å². The minimum absolute atomic E-state index is 0.123. The molecule has 37 heavy (non-hydrogen) atoms. The molecule has 2 atom stereocenters. The molecule has 0 saturated heterocycles. The van der Waals surface area contributed by atoms with Crippen molar-refractivity contribution < 1.29 is 18.3 Å². The fourth-order valence-electron chi connectivity index (χ4n) is 5.02. The zero-order valence-corrected chi connectivity index (χ0v) is 20.6. The average Bonchev–Trinajstić information content (AvgIpc) is 3.29. The van der Waals surface area contributed by atoms with Crippen molar-refractivity contribution in [1.82, 2.24) is 10.3 Å². The number of aromatic nitrogens is 1. The SMILES string of the molecule is COc1ccccc1C1CC(=O)C2=C(C1)NC(Nc1nc3ccccc3s1)=NC2c1cc(F)cc(F)c1. The molecule has 1 aliphatic heterocycles. The molecule has 4 aromatic rings. The number of benzene rings is 3. The molecular weight excluding hydrogens is 494 g/mol. The van der Waals surface area contributed by atoms with Gasteiger partial charge in [-0.1, -0.05) is 41.7 Å². The summed E-state index contributed by atoms with van der Waals surface area (Å²) < 4.78 is 34.9. The summed E-state index contributed by atoms with van der Waals surface area (Å²) >= 11 is 1.46. The second kappa shape index (κ2) is 9.40. The van der Waals surface area contributed by atoms with Crippen LogP contribution in [0.4, 0.5) is 13.9 Å². The van der Waals surface area contributed by atoms with Crippen molar-refractivity contribution in [1.29, 1.82) is 0 Å². The van der Waals surface area contributed by atoms with Crippen molar-refractivity contribution in [2.45, 2.75) is 24.8 Å². The van der Waals surface area contributed by atoms with Gasteiger partial charge in [0.25, 0.3) is 0 Å². The lowest BCUT2D eigenvalue weighted by molar-refractivity contribution is -0.116. The maximum atomic E-state index is 14.2. The molecule has 9 heteroatoms. The number of methoxy groups -OCH3 is 1. The standard InChI is InChI=1S/C28H22F2N4O2S/c1-36-23-8-4-2-6-19(23)15-12-21-25(22(35)13-15)26(16-10-17(29)14-18(30)11-16)33-27(31-21)34-28-32-20-7-3-5-9-24(20)37-28/h2-11,14-15,26H,12-13H2,1H3,(H2,31,32,33,34). The Morgan fingerprint density at radius 2 is 1.78 bits per heavy atom. The van der Waals surface area contributed by atoms with Gasteiger partial charge in [-0.25, -0.2) is 18.8 Å². The monoisotopic (exact) mass is 516 g/mol. The number of halogens is 2. The topological polar surface area (TPSA) is 75.6 Å². The number of thiazole rings is 1. The maximum absolute atomic E-state index is 14.2. The normalized spacial score (nSPS) is 19.3. The van der Waals surface area contributed by atoms with E-state index >= 15 is 0 Å². The van der Waals surface area contributed by atoms with E-state index in [1.165, 1.54) is 23.5 Å². The molecule has 2 unspecified atom stereocenters. The molecule has 0 bridgehead atoms. The van der Waals surface area contributed by atoms with Crippen LogP contribution in [0.5, 0.6) is 5.75 Å². The van der Waals surface area contributed by atoms with Gasteiger partial charge >= 0.3 is 0 Å². The van der Waals surface area contributed by atoms with Gasteiger partial charge in [-0.2, -0.15) is 0 Å². The molecule has 2 N–H and O–H groups in total. The van der Waals surface area contributed by atoms with E-state index in [0.717, 1.165) is 21.8 Å². The average molecular weight is 517 g/mol. The number of aliphatic imine (C=N–C) groups is 1.